The average Bonchev–Trinajstić information content (AvgIpc) is 3.75. The molecule has 3 aromatic carbocycles. The number of amides is 2. The highest BCUT2D eigenvalue weighted by molar-refractivity contribution is 7.13. The van der Waals surface area contributed by atoms with Crippen molar-refractivity contribution in [2.24, 2.45) is 0 Å². The molecule has 7 rings (SSSR count). The summed E-state index contributed by atoms with van der Waals surface area (Å²) in [6.07, 6.45) is 7.26. The fourth-order valence-electron chi connectivity index (χ4n) is 6.18. The zero-order chi connectivity index (χ0) is 33.0. The van der Waals surface area contributed by atoms with Gasteiger partial charge in [-0.15, -0.1) is 11.3 Å². The second-order valence-electron chi connectivity index (χ2n) is 11.9. The highest BCUT2D eigenvalue weighted by atomic mass is 32.1. The fraction of sp³-hybridized carbons (Fsp3) is 0.184. The van der Waals surface area contributed by atoms with Crippen molar-refractivity contribution >= 4 is 46.6 Å². The zero-order valence-corrected chi connectivity index (χ0v) is 27.1. The van der Waals surface area contributed by atoms with Crippen LogP contribution in [0, 0.1) is 0 Å². The van der Waals surface area contributed by atoms with E-state index in [1.54, 1.807) is 48.0 Å². The molecular formula is C38H34N6O3S. The first-order valence-corrected chi connectivity index (χ1v) is 16.8. The highest BCUT2D eigenvalue weighted by Gasteiger charge is 2.39. The molecule has 10 heteroatoms. The van der Waals surface area contributed by atoms with E-state index in [1.165, 1.54) is 4.90 Å². The van der Waals surface area contributed by atoms with E-state index in [0.717, 1.165) is 21.6 Å². The molecule has 0 radical (unpaired) electrons. The van der Waals surface area contributed by atoms with E-state index >= 15 is 0 Å². The smallest absolute Gasteiger partial charge is 0.262 e. The molecule has 240 valence electrons. The molecule has 2 aliphatic heterocycles. The van der Waals surface area contributed by atoms with Crippen molar-refractivity contribution in [3.05, 3.63) is 137 Å². The van der Waals surface area contributed by atoms with E-state index < -0.39 is 6.04 Å². The lowest BCUT2D eigenvalue weighted by Gasteiger charge is -2.37. The normalized spacial score (nSPS) is 15.7. The Morgan fingerprint density at radius 1 is 0.854 bits per heavy atom. The van der Waals surface area contributed by atoms with Gasteiger partial charge in [0.2, 0.25) is 5.95 Å². The van der Waals surface area contributed by atoms with E-state index in [9.17, 15) is 14.4 Å². The number of nitrogens with two attached hydrogens (primary N) is 1. The number of thiophene rings is 1. The van der Waals surface area contributed by atoms with E-state index in [0.29, 0.717) is 61.0 Å². The van der Waals surface area contributed by atoms with E-state index in [1.807, 2.05) is 78.2 Å². The molecule has 0 saturated carbocycles. The minimum Gasteiger partial charge on any atom is -0.398 e. The standard InChI is InChI=1S/C38H34N6O3S/c39-33-15-13-27(35-11-6-20-48-35)21-28(33)22-34(45)29-23-40-38(41-24-29)43-18-16-42(17-19-43)25-30(14-12-26-7-2-1-3-8-26)44-36(46)31-9-4-5-10-32(31)37(44)47/h1-15,20-21,23-24,30H,16-19,22,25,39H2/b14-12+. The Balaban J connectivity index is 0.995. The van der Waals surface area contributed by atoms with Gasteiger partial charge in [0.05, 0.1) is 22.7 Å². The fourth-order valence-corrected chi connectivity index (χ4v) is 6.90. The monoisotopic (exact) mass is 654 g/mol. The van der Waals surface area contributed by atoms with Gasteiger partial charge < -0.3 is 10.6 Å². The number of Topliss-reactive ketones (excluding diaryl/α,β-unsaturated/α-hetero) is 1. The van der Waals surface area contributed by atoms with Crippen molar-refractivity contribution in [1.29, 1.82) is 0 Å². The van der Waals surface area contributed by atoms with Crippen LogP contribution in [0.25, 0.3) is 16.5 Å². The van der Waals surface area contributed by atoms with Crippen molar-refractivity contribution in [2.45, 2.75) is 12.5 Å². The number of ketones is 1. The summed E-state index contributed by atoms with van der Waals surface area (Å²) < 4.78 is 0. The second kappa shape index (κ2) is 13.7. The van der Waals surface area contributed by atoms with Gasteiger partial charge in [0.15, 0.2) is 5.78 Å². The molecule has 2 aromatic heterocycles. The van der Waals surface area contributed by atoms with Gasteiger partial charge in [0.25, 0.3) is 11.8 Å². The molecule has 5 aromatic rings. The number of aromatic nitrogens is 2. The van der Waals surface area contributed by atoms with Gasteiger partial charge in [0, 0.05) is 62.1 Å². The first-order valence-electron chi connectivity index (χ1n) is 15.9. The molecule has 1 atom stereocenters. The van der Waals surface area contributed by atoms with Gasteiger partial charge >= 0.3 is 0 Å². The van der Waals surface area contributed by atoms with Gasteiger partial charge in [-0.2, -0.15) is 0 Å². The van der Waals surface area contributed by atoms with Crippen molar-refractivity contribution in [3.63, 3.8) is 0 Å². The molecule has 1 saturated heterocycles. The van der Waals surface area contributed by atoms with Crippen LogP contribution in [0.1, 0.15) is 42.2 Å². The molecule has 2 aliphatic rings. The maximum Gasteiger partial charge on any atom is 0.262 e. The first kappa shape index (κ1) is 31.2. The third-order valence-corrected chi connectivity index (χ3v) is 9.75. The largest absolute Gasteiger partial charge is 0.398 e. The van der Waals surface area contributed by atoms with Crippen molar-refractivity contribution < 1.29 is 14.4 Å². The van der Waals surface area contributed by atoms with E-state index in [4.69, 9.17) is 5.73 Å². The van der Waals surface area contributed by atoms with E-state index in [2.05, 4.69) is 19.8 Å². The molecule has 0 bridgehead atoms. The Kier molecular flexibility index (Phi) is 8.91. The van der Waals surface area contributed by atoms with Crippen LogP contribution >= 0.6 is 11.3 Å². The number of piperazine rings is 1. The first-order chi connectivity index (χ1) is 23.4. The Labute approximate surface area is 283 Å². The maximum absolute atomic E-state index is 13.4. The Bertz CT molecular complexity index is 1930. The molecule has 4 heterocycles. The summed E-state index contributed by atoms with van der Waals surface area (Å²) >= 11 is 1.64. The van der Waals surface area contributed by atoms with Gasteiger partial charge in [-0.1, -0.05) is 66.7 Å². The summed E-state index contributed by atoms with van der Waals surface area (Å²) in [5, 5.41) is 2.02. The summed E-state index contributed by atoms with van der Waals surface area (Å²) in [7, 11) is 0. The summed E-state index contributed by atoms with van der Waals surface area (Å²) in [6.45, 7) is 3.23. The number of imide groups is 1. The predicted molar refractivity (Wildman–Crippen MR) is 189 cm³/mol. The second-order valence-corrected chi connectivity index (χ2v) is 12.9. The van der Waals surface area contributed by atoms with Crippen LogP contribution in [0.15, 0.2) is 109 Å². The summed E-state index contributed by atoms with van der Waals surface area (Å²) in [6, 6.07) is 26.3. The molecule has 9 nitrogen and oxygen atoms in total. The number of carbonyl (C=O) groups excluding carboxylic acids is 3. The number of anilines is 2. The summed E-state index contributed by atoms with van der Waals surface area (Å²) in [5.41, 5.74) is 10.9. The number of rotatable bonds is 10. The zero-order valence-electron chi connectivity index (χ0n) is 26.2. The molecule has 48 heavy (non-hydrogen) atoms. The van der Waals surface area contributed by atoms with Crippen LogP contribution in [-0.2, 0) is 6.42 Å². The van der Waals surface area contributed by atoms with Crippen molar-refractivity contribution in [1.82, 2.24) is 19.8 Å². The van der Waals surface area contributed by atoms with Gasteiger partial charge in [-0.05, 0) is 52.4 Å². The van der Waals surface area contributed by atoms with Crippen LogP contribution in [0.5, 0.6) is 0 Å². The number of carbonyl (C=O) groups is 3. The average molecular weight is 655 g/mol. The lowest BCUT2D eigenvalue weighted by molar-refractivity contribution is 0.0582. The van der Waals surface area contributed by atoms with Crippen molar-refractivity contribution in [2.75, 3.05) is 43.4 Å². The van der Waals surface area contributed by atoms with Crippen LogP contribution in [0.3, 0.4) is 0 Å². The predicted octanol–water partition coefficient (Wildman–Crippen LogP) is 5.71. The Hall–Kier alpha value is -5.45. The number of nitrogen functional groups attached to an aromatic ring is 1. The molecule has 0 aliphatic carbocycles. The maximum atomic E-state index is 13.4. The van der Waals surface area contributed by atoms with Gasteiger partial charge in [-0.3, -0.25) is 24.2 Å². The van der Waals surface area contributed by atoms with Crippen LogP contribution in [0.4, 0.5) is 11.6 Å². The number of fused-ring (bicyclic) bond motifs is 1. The van der Waals surface area contributed by atoms with Gasteiger partial charge in [-0.25, -0.2) is 9.97 Å². The lowest BCUT2D eigenvalue weighted by Crippen LogP contribution is -2.52. The van der Waals surface area contributed by atoms with Crippen LogP contribution in [0.2, 0.25) is 0 Å². The number of nitrogens with zero attached hydrogens (tertiary/aromatic N) is 5. The van der Waals surface area contributed by atoms with Crippen molar-refractivity contribution in [3.8, 4) is 10.4 Å². The third-order valence-electron chi connectivity index (χ3n) is 8.83. The number of hydrogen-bond acceptors (Lipinski definition) is 9. The highest BCUT2D eigenvalue weighted by Crippen LogP contribution is 2.29. The molecule has 1 unspecified atom stereocenters. The topological polar surface area (TPSA) is 113 Å². The molecule has 0 spiro atoms. The minimum atomic E-state index is -0.439. The molecule has 2 amide bonds. The summed E-state index contributed by atoms with van der Waals surface area (Å²) in [4.78, 5) is 55.9. The Morgan fingerprint density at radius 3 is 2.21 bits per heavy atom. The molecule has 1 fully saturated rings. The quantitative estimate of drug-likeness (QED) is 0.116. The van der Waals surface area contributed by atoms with Gasteiger partial charge in [0.1, 0.15) is 0 Å². The SMILES string of the molecule is Nc1ccc(-c2cccs2)cc1CC(=O)c1cnc(N2CCN(CC(/C=C/c3ccccc3)N3C(=O)c4ccccc4C3=O)CC2)nc1. The third kappa shape index (κ3) is 6.53. The summed E-state index contributed by atoms with van der Waals surface area (Å²) in [5.74, 6) is -0.0637. The molecular weight excluding hydrogens is 621 g/mol. The minimum absolute atomic E-state index is 0.0934. The van der Waals surface area contributed by atoms with E-state index in [-0.39, 0.29) is 24.0 Å². The molecule has 2 N–H and O–H groups in total. The lowest BCUT2D eigenvalue weighted by atomic mass is 10.0. The van der Waals surface area contributed by atoms with Crippen LogP contribution < -0.4 is 10.6 Å². The number of hydrogen-bond donors (Lipinski definition) is 1. The van der Waals surface area contributed by atoms with Crippen LogP contribution in [-0.4, -0.2) is 76.1 Å². The number of benzene rings is 3. The Morgan fingerprint density at radius 2 is 1.54 bits per heavy atom.